The minimum Gasteiger partial charge on any atom is -0.444 e. The number of anilines is 2. The second-order valence-corrected chi connectivity index (χ2v) is 11.5. The Hall–Kier alpha value is -3.42. The molecule has 1 saturated heterocycles. The summed E-state index contributed by atoms with van der Waals surface area (Å²) in [5.74, 6) is 0.272. The summed E-state index contributed by atoms with van der Waals surface area (Å²) in [7, 11) is 0. The molecule has 1 fully saturated rings. The van der Waals surface area contributed by atoms with Crippen molar-refractivity contribution in [1.82, 2.24) is 14.9 Å². The largest absolute Gasteiger partial charge is 0.444 e. The number of piperazine rings is 1. The van der Waals surface area contributed by atoms with Gasteiger partial charge in [0.1, 0.15) is 23.3 Å². The Morgan fingerprint density at radius 3 is 2.82 bits per heavy atom. The van der Waals surface area contributed by atoms with E-state index in [9.17, 15) is 20.0 Å². The molecule has 10 nitrogen and oxygen atoms in total. The Balaban J connectivity index is 1.44. The lowest BCUT2D eigenvalue weighted by atomic mass is 9.65. The number of Topliss-reactive ketones (excluding diaryl/α,β-unsaturated/α-hetero) is 1. The molecule has 2 unspecified atom stereocenters. The number of hydrogen-bond donors (Lipinski definition) is 2. The van der Waals surface area contributed by atoms with Gasteiger partial charge in [-0.3, -0.25) is 4.79 Å². The lowest BCUT2D eigenvalue weighted by Crippen LogP contribution is -2.57. The van der Waals surface area contributed by atoms with E-state index < -0.39 is 29.4 Å². The maximum absolute atomic E-state index is 14.0. The van der Waals surface area contributed by atoms with Crippen molar-refractivity contribution in [2.24, 2.45) is 5.41 Å². The van der Waals surface area contributed by atoms with Gasteiger partial charge in [-0.2, -0.15) is 5.26 Å². The second kappa shape index (κ2) is 9.71. The molecule has 1 aromatic heterocycles. The van der Waals surface area contributed by atoms with Crippen LogP contribution in [0.2, 0.25) is 5.28 Å². The summed E-state index contributed by atoms with van der Waals surface area (Å²) < 4.78 is 5.56. The Morgan fingerprint density at radius 2 is 2.08 bits per heavy atom. The van der Waals surface area contributed by atoms with E-state index in [0.29, 0.717) is 50.3 Å². The lowest BCUT2D eigenvalue weighted by molar-refractivity contribution is 0.0144. The number of hydrogen-bond acceptors (Lipinski definition) is 9. The van der Waals surface area contributed by atoms with Gasteiger partial charge in [0, 0.05) is 30.9 Å². The topological polar surface area (TPSA) is 132 Å². The minimum absolute atomic E-state index is 0.0609. The van der Waals surface area contributed by atoms with Crippen LogP contribution in [0, 0.1) is 16.7 Å². The van der Waals surface area contributed by atoms with Crippen LogP contribution < -0.4 is 10.2 Å². The lowest BCUT2D eigenvalue weighted by Gasteiger charge is -2.45. The smallest absolute Gasteiger partial charge is 0.410 e. The number of rotatable bonds is 2. The number of nitriles is 1. The molecule has 1 aromatic carbocycles. The number of amides is 1. The summed E-state index contributed by atoms with van der Waals surface area (Å²) in [6.45, 7) is 6.50. The monoisotopic (exact) mass is 538 g/mol. The van der Waals surface area contributed by atoms with Crippen LogP contribution in [-0.2, 0) is 17.6 Å². The van der Waals surface area contributed by atoms with E-state index in [1.807, 2.05) is 29.2 Å². The van der Waals surface area contributed by atoms with Crippen LogP contribution in [0.4, 0.5) is 16.3 Å². The number of halogens is 1. The summed E-state index contributed by atoms with van der Waals surface area (Å²) in [5.41, 5.74) is 0.967. The first-order chi connectivity index (χ1) is 18.0. The molecule has 0 radical (unpaired) electrons. The van der Waals surface area contributed by atoms with E-state index in [0.717, 1.165) is 11.3 Å². The van der Waals surface area contributed by atoms with Gasteiger partial charge in [0.05, 0.1) is 23.9 Å². The van der Waals surface area contributed by atoms with Crippen molar-refractivity contribution < 1.29 is 19.4 Å². The number of ketones is 1. The Kier molecular flexibility index (Phi) is 6.70. The van der Waals surface area contributed by atoms with Crippen LogP contribution in [0.5, 0.6) is 0 Å². The van der Waals surface area contributed by atoms with Gasteiger partial charge in [-0.15, -0.1) is 0 Å². The third-order valence-corrected chi connectivity index (χ3v) is 7.69. The normalized spacial score (nSPS) is 24.8. The molecule has 3 aliphatic rings. The number of carbonyl (C=O) groups is 2. The first-order valence-electron chi connectivity index (χ1n) is 12.8. The number of nitrogens with zero attached hydrogens (tertiary/aromatic N) is 5. The fourth-order valence-corrected chi connectivity index (χ4v) is 5.84. The highest BCUT2D eigenvalue weighted by atomic mass is 35.5. The second-order valence-electron chi connectivity index (χ2n) is 11.1. The maximum atomic E-state index is 14.0. The minimum atomic E-state index is -1.06. The first kappa shape index (κ1) is 26.2. The number of para-hydroxylation sites is 1. The molecule has 2 aromatic rings. The number of nitrogens with one attached hydrogen (secondary N) is 1. The Labute approximate surface area is 226 Å². The third kappa shape index (κ3) is 4.65. The number of aromatic nitrogens is 2. The van der Waals surface area contributed by atoms with Crippen LogP contribution in [0.1, 0.15) is 55.2 Å². The number of carbonyl (C=O) groups excluding carboxylic acids is 2. The summed E-state index contributed by atoms with van der Waals surface area (Å²) in [5, 5.41) is 23.5. The van der Waals surface area contributed by atoms with Crippen LogP contribution in [0.3, 0.4) is 0 Å². The highest BCUT2D eigenvalue weighted by Crippen LogP contribution is 2.46. The molecule has 3 heterocycles. The van der Waals surface area contributed by atoms with E-state index in [4.69, 9.17) is 16.3 Å². The number of aliphatic hydroxyl groups is 1. The van der Waals surface area contributed by atoms with Crippen molar-refractivity contribution in [3.05, 3.63) is 46.4 Å². The highest BCUT2D eigenvalue weighted by molar-refractivity contribution is 6.28. The predicted molar refractivity (Wildman–Crippen MR) is 141 cm³/mol. The van der Waals surface area contributed by atoms with Crippen molar-refractivity contribution >= 4 is 35.0 Å². The van der Waals surface area contributed by atoms with Gasteiger partial charge in [0.2, 0.25) is 5.28 Å². The molecule has 1 spiro atoms. The van der Waals surface area contributed by atoms with E-state index in [1.165, 1.54) is 0 Å². The standard InChI is InChI=1S/C27H31ClN6O4/c1-26(2,3)38-25(37)34-13-12-33(15-17(34)9-11-29)22-18-8-10-27(21(35)20(18)31-24(28)32-22)14-16-6-4-5-7-19(16)30-23(27)36/h4-7,17,23,30,36H,8-10,12-15H2,1-3H3/t17-,23?,27?/m0/s1. The van der Waals surface area contributed by atoms with E-state index in [2.05, 4.69) is 21.4 Å². The van der Waals surface area contributed by atoms with Crippen LogP contribution in [-0.4, -0.2) is 69.4 Å². The zero-order valence-corrected chi connectivity index (χ0v) is 22.5. The Bertz CT molecular complexity index is 1320. The molecule has 2 N–H and O–H groups in total. The van der Waals surface area contributed by atoms with Gasteiger partial charge in [0.15, 0.2) is 5.78 Å². The molecule has 0 bridgehead atoms. The van der Waals surface area contributed by atoms with Crippen LogP contribution >= 0.6 is 11.6 Å². The first-order valence-corrected chi connectivity index (χ1v) is 13.2. The molecule has 11 heteroatoms. The van der Waals surface area contributed by atoms with Gasteiger partial charge in [-0.1, -0.05) is 18.2 Å². The molecule has 38 heavy (non-hydrogen) atoms. The molecule has 200 valence electrons. The van der Waals surface area contributed by atoms with Crippen molar-refractivity contribution in [2.45, 2.75) is 64.3 Å². The van der Waals surface area contributed by atoms with E-state index >= 15 is 0 Å². The molecule has 1 amide bonds. The SMILES string of the molecule is CC(C)(C)OC(=O)N1CCN(c2nc(Cl)nc3c2CCC2(Cc4ccccc4NC2O)C3=O)C[C@@H]1CC#N. The number of fused-ring (bicyclic) bond motifs is 2. The van der Waals surface area contributed by atoms with Gasteiger partial charge in [-0.25, -0.2) is 14.8 Å². The van der Waals surface area contributed by atoms with Gasteiger partial charge < -0.3 is 25.0 Å². The molecular formula is C27H31ClN6O4. The maximum Gasteiger partial charge on any atom is 0.410 e. The van der Waals surface area contributed by atoms with Crippen molar-refractivity contribution in [2.75, 3.05) is 29.9 Å². The molecule has 2 aliphatic heterocycles. The molecule has 0 saturated carbocycles. The number of aliphatic hydroxyl groups excluding tert-OH is 1. The van der Waals surface area contributed by atoms with Crippen molar-refractivity contribution in [3.63, 3.8) is 0 Å². The average Bonchev–Trinajstić information content (AvgIpc) is 2.85. The predicted octanol–water partition coefficient (Wildman–Crippen LogP) is 3.57. The fraction of sp³-hybridized carbons (Fsp3) is 0.519. The van der Waals surface area contributed by atoms with Gasteiger partial charge in [-0.05, 0) is 63.3 Å². The van der Waals surface area contributed by atoms with E-state index in [1.54, 1.807) is 25.7 Å². The fourth-order valence-electron chi connectivity index (χ4n) is 5.68. The quantitative estimate of drug-likeness (QED) is 0.550. The zero-order valence-electron chi connectivity index (χ0n) is 21.7. The van der Waals surface area contributed by atoms with Gasteiger partial charge >= 0.3 is 6.09 Å². The van der Waals surface area contributed by atoms with E-state index in [-0.39, 0.29) is 23.2 Å². The molecular weight excluding hydrogens is 508 g/mol. The molecule has 1 aliphatic carbocycles. The average molecular weight is 539 g/mol. The van der Waals surface area contributed by atoms with Crippen molar-refractivity contribution in [3.8, 4) is 6.07 Å². The highest BCUT2D eigenvalue weighted by Gasteiger charge is 2.52. The number of ether oxygens (including phenoxy) is 1. The van der Waals surface area contributed by atoms with Crippen LogP contribution in [0.15, 0.2) is 24.3 Å². The Morgan fingerprint density at radius 1 is 1.32 bits per heavy atom. The van der Waals surface area contributed by atoms with Crippen molar-refractivity contribution in [1.29, 1.82) is 5.26 Å². The summed E-state index contributed by atoms with van der Waals surface area (Å²) in [4.78, 5) is 39.1. The summed E-state index contributed by atoms with van der Waals surface area (Å²) >= 11 is 6.34. The van der Waals surface area contributed by atoms with Gasteiger partial charge in [0.25, 0.3) is 0 Å². The summed E-state index contributed by atoms with van der Waals surface area (Å²) in [6, 6.07) is 9.39. The van der Waals surface area contributed by atoms with Crippen LogP contribution in [0.25, 0.3) is 0 Å². The molecule has 3 atom stereocenters. The number of benzene rings is 1. The zero-order chi connectivity index (χ0) is 27.2. The molecule has 5 rings (SSSR count). The third-order valence-electron chi connectivity index (χ3n) is 7.52. The summed E-state index contributed by atoms with van der Waals surface area (Å²) in [6.07, 6.45) is -0.117.